The second kappa shape index (κ2) is 6.32. The van der Waals surface area contributed by atoms with Crippen molar-refractivity contribution in [3.05, 3.63) is 23.4 Å². The summed E-state index contributed by atoms with van der Waals surface area (Å²) in [6, 6.07) is 3.42. The molecule has 116 valence electrons. The van der Waals surface area contributed by atoms with Crippen LogP contribution in [0, 0.1) is 6.92 Å². The van der Waals surface area contributed by atoms with Crippen molar-refractivity contribution in [2.75, 3.05) is 37.7 Å². The third-order valence-electron chi connectivity index (χ3n) is 4.79. The maximum atomic E-state index is 5.42. The SMILES string of the molecule is Cc1cc(N2CCOCC2)ncc1C1CCCN1C(C)C. The minimum atomic E-state index is 0.552. The quantitative estimate of drug-likeness (QED) is 0.855. The van der Waals surface area contributed by atoms with E-state index in [1.165, 1.54) is 30.5 Å². The molecule has 3 heterocycles. The van der Waals surface area contributed by atoms with Crippen molar-refractivity contribution in [1.82, 2.24) is 9.88 Å². The van der Waals surface area contributed by atoms with E-state index in [2.05, 4.69) is 42.8 Å². The van der Waals surface area contributed by atoms with Crippen molar-refractivity contribution < 1.29 is 4.74 Å². The van der Waals surface area contributed by atoms with Gasteiger partial charge in [-0.05, 0) is 57.4 Å². The number of likely N-dealkylation sites (tertiary alicyclic amines) is 1. The van der Waals surface area contributed by atoms with Crippen LogP contribution in [0.2, 0.25) is 0 Å². The molecule has 2 aliphatic rings. The number of hydrogen-bond acceptors (Lipinski definition) is 4. The van der Waals surface area contributed by atoms with Gasteiger partial charge in [0.15, 0.2) is 0 Å². The van der Waals surface area contributed by atoms with Gasteiger partial charge < -0.3 is 9.64 Å². The van der Waals surface area contributed by atoms with Crippen LogP contribution < -0.4 is 4.90 Å². The lowest BCUT2D eigenvalue weighted by atomic mass is 10.0. The number of pyridine rings is 1. The van der Waals surface area contributed by atoms with Gasteiger partial charge in [0.2, 0.25) is 0 Å². The molecule has 0 bridgehead atoms. The van der Waals surface area contributed by atoms with E-state index in [0.717, 1.165) is 32.1 Å². The normalized spacial score (nSPS) is 24.0. The molecule has 2 fully saturated rings. The molecular formula is C17H27N3O. The lowest BCUT2D eigenvalue weighted by Crippen LogP contribution is -2.37. The van der Waals surface area contributed by atoms with E-state index >= 15 is 0 Å². The van der Waals surface area contributed by atoms with Gasteiger partial charge in [-0.1, -0.05) is 0 Å². The summed E-state index contributed by atoms with van der Waals surface area (Å²) in [6.07, 6.45) is 4.68. The van der Waals surface area contributed by atoms with E-state index in [4.69, 9.17) is 9.72 Å². The maximum absolute atomic E-state index is 5.42. The summed E-state index contributed by atoms with van der Waals surface area (Å²) < 4.78 is 5.42. The van der Waals surface area contributed by atoms with Crippen LogP contribution in [-0.2, 0) is 4.74 Å². The lowest BCUT2D eigenvalue weighted by molar-refractivity contribution is 0.122. The van der Waals surface area contributed by atoms with Crippen LogP contribution in [0.3, 0.4) is 0 Å². The van der Waals surface area contributed by atoms with Gasteiger partial charge in [0.25, 0.3) is 0 Å². The van der Waals surface area contributed by atoms with Crippen LogP contribution in [0.4, 0.5) is 5.82 Å². The highest BCUT2D eigenvalue weighted by Gasteiger charge is 2.29. The fourth-order valence-corrected chi connectivity index (χ4v) is 3.61. The summed E-state index contributed by atoms with van der Waals surface area (Å²) in [4.78, 5) is 9.68. The second-order valence-corrected chi connectivity index (χ2v) is 6.49. The van der Waals surface area contributed by atoms with Gasteiger partial charge in [-0.25, -0.2) is 4.98 Å². The molecule has 21 heavy (non-hydrogen) atoms. The highest BCUT2D eigenvalue weighted by molar-refractivity contribution is 5.44. The molecule has 1 atom stereocenters. The zero-order valence-electron chi connectivity index (χ0n) is 13.5. The fraction of sp³-hybridized carbons (Fsp3) is 0.706. The summed E-state index contributed by atoms with van der Waals surface area (Å²) in [7, 11) is 0. The Morgan fingerprint density at radius 1 is 1.24 bits per heavy atom. The number of rotatable bonds is 3. The fourth-order valence-electron chi connectivity index (χ4n) is 3.61. The van der Waals surface area contributed by atoms with Gasteiger partial charge in [0.1, 0.15) is 5.82 Å². The van der Waals surface area contributed by atoms with Gasteiger partial charge in [-0.3, -0.25) is 4.90 Å². The number of ether oxygens (including phenoxy) is 1. The van der Waals surface area contributed by atoms with Crippen molar-refractivity contribution >= 4 is 5.82 Å². The van der Waals surface area contributed by atoms with Crippen LogP contribution in [0.1, 0.15) is 43.9 Å². The van der Waals surface area contributed by atoms with Crippen molar-refractivity contribution in [3.8, 4) is 0 Å². The van der Waals surface area contributed by atoms with Gasteiger partial charge in [0, 0.05) is 31.4 Å². The van der Waals surface area contributed by atoms with Crippen LogP contribution in [0.15, 0.2) is 12.3 Å². The van der Waals surface area contributed by atoms with Crippen LogP contribution in [0.5, 0.6) is 0 Å². The molecule has 1 unspecified atom stereocenters. The lowest BCUT2D eigenvalue weighted by Gasteiger charge is -2.31. The van der Waals surface area contributed by atoms with E-state index in [1.54, 1.807) is 0 Å². The Hall–Kier alpha value is -1.13. The van der Waals surface area contributed by atoms with Crippen LogP contribution >= 0.6 is 0 Å². The first-order valence-corrected chi connectivity index (χ1v) is 8.22. The zero-order valence-corrected chi connectivity index (χ0v) is 13.5. The van der Waals surface area contributed by atoms with Crippen molar-refractivity contribution in [3.63, 3.8) is 0 Å². The third-order valence-corrected chi connectivity index (χ3v) is 4.79. The van der Waals surface area contributed by atoms with Crippen LogP contribution in [-0.4, -0.2) is 48.8 Å². The second-order valence-electron chi connectivity index (χ2n) is 6.49. The summed E-state index contributed by atoms with van der Waals surface area (Å²) in [5.41, 5.74) is 2.79. The molecule has 0 radical (unpaired) electrons. The van der Waals surface area contributed by atoms with Crippen molar-refractivity contribution in [2.24, 2.45) is 0 Å². The highest BCUT2D eigenvalue weighted by Crippen LogP contribution is 2.35. The number of aryl methyl sites for hydroxylation is 1. The summed E-state index contributed by atoms with van der Waals surface area (Å²) in [6.45, 7) is 11.6. The minimum absolute atomic E-state index is 0.552. The first kappa shape index (κ1) is 14.8. The molecule has 2 aliphatic heterocycles. The molecule has 0 aromatic carbocycles. The number of hydrogen-bond donors (Lipinski definition) is 0. The van der Waals surface area contributed by atoms with E-state index in [9.17, 15) is 0 Å². The molecule has 4 heteroatoms. The highest BCUT2D eigenvalue weighted by atomic mass is 16.5. The smallest absolute Gasteiger partial charge is 0.128 e. The van der Waals surface area contributed by atoms with Gasteiger partial charge in [0.05, 0.1) is 13.2 Å². The van der Waals surface area contributed by atoms with E-state index in [0.29, 0.717) is 12.1 Å². The monoisotopic (exact) mass is 289 g/mol. The standard InChI is InChI=1S/C17H27N3O/c1-13(2)20-6-4-5-16(20)15-12-18-17(11-14(15)3)19-7-9-21-10-8-19/h11-13,16H,4-10H2,1-3H3. The molecule has 0 aliphatic carbocycles. The summed E-state index contributed by atoms with van der Waals surface area (Å²) in [5, 5.41) is 0. The molecule has 0 saturated carbocycles. The van der Waals surface area contributed by atoms with Gasteiger partial charge in [-0.2, -0.15) is 0 Å². The Morgan fingerprint density at radius 3 is 2.67 bits per heavy atom. The van der Waals surface area contributed by atoms with E-state index in [1.807, 2.05) is 0 Å². The van der Waals surface area contributed by atoms with Crippen molar-refractivity contribution in [2.45, 2.75) is 45.7 Å². The molecule has 0 spiro atoms. The largest absolute Gasteiger partial charge is 0.378 e. The minimum Gasteiger partial charge on any atom is -0.378 e. The van der Waals surface area contributed by atoms with Gasteiger partial charge in [-0.15, -0.1) is 0 Å². The maximum Gasteiger partial charge on any atom is 0.128 e. The Morgan fingerprint density at radius 2 is 2.00 bits per heavy atom. The average Bonchev–Trinajstić information content (AvgIpc) is 2.97. The number of anilines is 1. The van der Waals surface area contributed by atoms with Crippen molar-refractivity contribution in [1.29, 1.82) is 0 Å². The third kappa shape index (κ3) is 3.06. The Kier molecular flexibility index (Phi) is 4.45. The molecule has 2 saturated heterocycles. The first-order valence-electron chi connectivity index (χ1n) is 8.22. The predicted octanol–water partition coefficient (Wildman–Crippen LogP) is 2.77. The molecule has 4 nitrogen and oxygen atoms in total. The number of morpholine rings is 1. The Bertz CT molecular complexity index is 483. The number of nitrogens with zero attached hydrogens (tertiary/aromatic N) is 3. The molecule has 0 N–H and O–H groups in total. The van der Waals surface area contributed by atoms with Gasteiger partial charge >= 0.3 is 0 Å². The first-order chi connectivity index (χ1) is 10.2. The molecule has 1 aromatic heterocycles. The molecule has 0 amide bonds. The predicted molar refractivity (Wildman–Crippen MR) is 85.8 cm³/mol. The Balaban J connectivity index is 1.80. The Labute approximate surface area is 128 Å². The topological polar surface area (TPSA) is 28.6 Å². The summed E-state index contributed by atoms with van der Waals surface area (Å²) in [5.74, 6) is 1.11. The average molecular weight is 289 g/mol. The number of aromatic nitrogens is 1. The van der Waals surface area contributed by atoms with E-state index in [-0.39, 0.29) is 0 Å². The zero-order chi connectivity index (χ0) is 14.8. The molecular weight excluding hydrogens is 262 g/mol. The van der Waals surface area contributed by atoms with E-state index < -0.39 is 0 Å². The van der Waals surface area contributed by atoms with Crippen LogP contribution in [0.25, 0.3) is 0 Å². The molecule has 3 rings (SSSR count). The molecule has 1 aromatic rings. The summed E-state index contributed by atoms with van der Waals surface area (Å²) >= 11 is 0.